The Morgan fingerprint density at radius 3 is 2.46 bits per heavy atom. The van der Waals surface area contributed by atoms with Crippen molar-refractivity contribution in [1.82, 2.24) is 9.55 Å². The van der Waals surface area contributed by atoms with Crippen LogP contribution >= 0.6 is 11.9 Å². The summed E-state index contributed by atoms with van der Waals surface area (Å²) in [6, 6.07) is 14.1. The van der Waals surface area contributed by atoms with Crippen molar-refractivity contribution in [2.75, 3.05) is 26.5 Å². The number of fused-ring (bicyclic) bond motifs is 1. The number of aryl methyl sites for hydroxylation is 1. The normalized spacial score (nSPS) is 10.1. The van der Waals surface area contributed by atoms with E-state index in [1.165, 1.54) is 5.56 Å². The van der Waals surface area contributed by atoms with Crippen LogP contribution < -0.4 is 39.0 Å². The van der Waals surface area contributed by atoms with Crippen molar-refractivity contribution in [3.8, 4) is 36.7 Å². The molecule has 180 valence electrons. The minimum Gasteiger partial charge on any atom is -0.606 e. The second-order valence-corrected chi connectivity index (χ2v) is 8.19. The van der Waals surface area contributed by atoms with E-state index in [9.17, 15) is 0 Å². The molecular formula is C28H34N3NaO2S. The van der Waals surface area contributed by atoms with Crippen molar-refractivity contribution in [3.63, 3.8) is 0 Å². The van der Waals surface area contributed by atoms with E-state index in [1.54, 1.807) is 32.2 Å². The van der Waals surface area contributed by atoms with Gasteiger partial charge in [-0.3, -0.25) is 11.9 Å². The van der Waals surface area contributed by atoms with Gasteiger partial charge in [0.2, 0.25) is 0 Å². The molecule has 0 radical (unpaired) electrons. The Morgan fingerprint density at radius 2 is 1.83 bits per heavy atom. The maximum Gasteiger partial charge on any atom is 1.00 e. The van der Waals surface area contributed by atoms with Gasteiger partial charge in [-0.15, -0.1) is 25.8 Å². The van der Waals surface area contributed by atoms with Gasteiger partial charge in [-0.25, -0.2) is 4.98 Å². The van der Waals surface area contributed by atoms with E-state index < -0.39 is 0 Å². The van der Waals surface area contributed by atoms with Crippen LogP contribution in [0.25, 0.3) is 15.8 Å². The molecule has 0 fully saturated rings. The molecule has 0 amide bonds. The summed E-state index contributed by atoms with van der Waals surface area (Å²) in [5.74, 6) is 6.15. The third-order valence-corrected chi connectivity index (χ3v) is 5.37. The van der Waals surface area contributed by atoms with Gasteiger partial charge >= 0.3 is 29.6 Å². The second kappa shape index (κ2) is 18.9. The first-order valence-corrected chi connectivity index (χ1v) is 11.8. The predicted molar refractivity (Wildman–Crippen MR) is 147 cm³/mol. The van der Waals surface area contributed by atoms with Crippen molar-refractivity contribution in [2.45, 2.75) is 33.7 Å². The van der Waals surface area contributed by atoms with Crippen molar-refractivity contribution < 1.29 is 39.0 Å². The van der Waals surface area contributed by atoms with Crippen LogP contribution in [0.2, 0.25) is 0 Å². The molecule has 0 N–H and O–H groups in total. The largest absolute Gasteiger partial charge is 1.00 e. The number of allylic oxidation sites excluding steroid dienone is 2. The van der Waals surface area contributed by atoms with E-state index in [-0.39, 0.29) is 29.6 Å². The summed E-state index contributed by atoms with van der Waals surface area (Å²) in [5, 5.41) is 0. The number of hydrogen-bond donors (Lipinski definition) is 0. The quantitative estimate of drug-likeness (QED) is 0.196. The fourth-order valence-electron chi connectivity index (χ4n) is 3.20. The Labute approximate surface area is 237 Å². The number of benzene rings is 2. The summed E-state index contributed by atoms with van der Waals surface area (Å²) in [4.78, 5) is 4.51. The van der Waals surface area contributed by atoms with Crippen LogP contribution in [0.3, 0.4) is 0 Å². The molecule has 0 unspecified atom stereocenters. The zero-order chi connectivity index (χ0) is 25.3. The molecule has 7 heteroatoms. The number of aromatic nitrogens is 2. The zero-order valence-corrected chi connectivity index (χ0v) is 24.6. The molecule has 3 aromatic rings. The Bertz CT molecular complexity index is 1120. The van der Waals surface area contributed by atoms with Crippen LogP contribution in [0, 0.1) is 32.1 Å². The smallest absolute Gasteiger partial charge is 0.606 e. The average Bonchev–Trinajstić information content (AvgIpc) is 3.18. The third kappa shape index (κ3) is 10.9. The average molecular weight is 500 g/mol. The topological polar surface area (TPSA) is 50.4 Å². The van der Waals surface area contributed by atoms with E-state index in [0.717, 1.165) is 59.2 Å². The number of para-hydroxylation sites is 2. The van der Waals surface area contributed by atoms with Gasteiger partial charge in [0.1, 0.15) is 5.82 Å². The van der Waals surface area contributed by atoms with Gasteiger partial charge in [-0.1, -0.05) is 31.0 Å². The number of methoxy groups -OCH3 is 2. The first-order chi connectivity index (χ1) is 16.5. The number of hydrogen-bond acceptors (Lipinski definition) is 4. The van der Waals surface area contributed by atoms with Crippen LogP contribution in [0.15, 0.2) is 54.1 Å². The number of nitrogens with zero attached hydrogens (tertiary/aromatic N) is 3. The molecule has 5 nitrogen and oxygen atoms in total. The van der Waals surface area contributed by atoms with Gasteiger partial charge in [0, 0.05) is 6.54 Å². The van der Waals surface area contributed by atoms with E-state index >= 15 is 0 Å². The van der Waals surface area contributed by atoms with E-state index in [4.69, 9.17) is 15.9 Å². The van der Waals surface area contributed by atoms with Gasteiger partial charge in [0.25, 0.3) is 0 Å². The van der Waals surface area contributed by atoms with Gasteiger partial charge < -0.3 is 18.8 Å². The zero-order valence-electron chi connectivity index (χ0n) is 21.7. The molecule has 0 bridgehead atoms. The SMILES string of the molecule is C#C.C#C/C=C(\C)Cn1c(C)nc2ccccc21.CCS[N-]CCc1ccc(OC)c(OC)c1.[Na+]. The van der Waals surface area contributed by atoms with E-state index in [0.29, 0.717) is 0 Å². The summed E-state index contributed by atoms with van der Waals surface area (Å²) in [6.45, 7) is 7.80. The fourth-order valence-corrected chi connectivity index (χ4v) is 3.60. The van der Waals surface area contributed by atoms with Gasteiger partial charge in [0.05, 0.1) is 25.3 Å². The molecule has 0 saturated carbocycles. The molecule has 0 aliphatic rings. The summed E-state index contributed by atoms with van der Waals surface area (Å²) in [5.41, 5.74) is 4.57. The van der Waals surface area contributed by atoms with E-state index in [2.05, 4.69) is 46.0 Å². The Kier molecular flexibility index (Phi) is 17.7. The van der Waals surface area contributed by atoms with Crippen molar-refractivity contribution >= 4 is 23.0 Å². The molecule has 2 aromatic carbocycles. The van der Waals surface area contributed by atoms with Crippen LogP contribution in [-0.2, 0) is 13.0 Å². The third-order valence-electron chi connectivity index (χ3n) is 4.74. The molecule has 0 saturated heterocycles. The van der Waals surface area contributed by atoms with E-state index in [1.807, 2.05) is 50.2 Å². The van der Waals surface area contributed by atoms with Crippen LogP contribution in [-0.4, -0.2) is 36.1 Å². The number of imidazole rings is 1. The standard InChI is InChI=1S/C14H14N2.C12H18NO2S.C2H2.Na/c1-4-7-11(2)10-16-12(3)15-13-8-5-6-9-14(13)16;1-4-16-13-8-7-10-5-6-11(14-2)12(9-10)15-3;1-2;/h1,5-9H,10H2,2-3H3;5-6,9H,4,7-8H2,1-3H3;1-2H;/q;-1;;+1/b11-7+;;;. The molecule has 1 heterocycles. The maximum atomic E-state index is 5.26. The van der Waals surface area contributed by atoms with Crippen LogP contribution in [0.4, 0.5) is 0 Å². The second-order valence-electron chi connectivity index (χ2n) is 7.10. The molecule has 0 aliphatic carbocycles. The number of rotatable bonds is 9. The monoisotopic (exact) mass is 499 g/mol. The molecule has 0 spiro atoms. The summed E-state index contributed by atoms with van der Waals surface area (Å²) in [6.07, 6.45) is 16.0. The number of ether oxygens (including phenoxy) is 2. The van der Waals surface area contributed by atoms with Crippen LogP contribution in [0.5, 0.6) is 11.5 Å². The summed E-state index contributed by atoms with van der Waals surface area (Å²) in [7, 11) is 3.30. The Balaban J connectivity index is 0.000000601. The first-order valence-electron chi connectivity index (χ1n) is 10.9. The van der Waals surface area contributed by atoms with Crippen LogP contribution in [0.1, 0.15) is 25.2 Å². The number of terminal acetylenes is 2. The molecule has 1 aromatic heterocycles. The van der Waals surface area contributed by atoms with Gasteiger partial charge in [-0.05, 0) is 67.5 Å². The molecular weight excluding hydrogens is 465 g/mol. The molecule has 35 heavy (non-hydrogen) atoms. The predicted octanol–water partition coefficient (Wildman–Crippen LogP) is 3.47. The molecule has 3 rings (SSSR count). The summed E-state index contributed by atoms with van der Waals surface area (Å²) >= 11 is 1.61. The van der Waals surface area contributed by atoms with Gasteiger partial charge in [-0.2, -0.15) is 0 Å². The Hall–Kier alpha value is -2.32. The van der Waals surface area contributed by atoms with Gasteiger partial charge in [0.15, 0.2) is 11.5 Å². The molecule has 0 atom stereocenters. The van der Waals surface area contributed by atoms with Crippen molar-refractivity contribution in [1.29, 1.82) is 0 Å². The Morgan fingerprint density at radius 1 is 1.14 bits per heavy atom. The summed E-state index contributed by atoms with van der Waals surface area (Å²) < 4.78 is 16.9. The molecule has 0 aliphatic heterocycles. The minimum absolute atomic E-state index is 0. The first kappa shape index (κ1) is 32.7. The van der Waals surface area contributed by atoms with Crippen molar-refractivity contribution in [3.05, 3.63) is 70.2 Å². The fraction of sp³-hybridized carbons (Fsp3) is 0.321. The minimum atomic E-state index is 0. The maximum absolute atomic E-state index is 5.26. The van der Waals surface area contributed by atoms with Crippen molar-refractivity contribution in [2.24, 2.45) is 0 Å².